The molecule has 0 amide bonds. The SMILES string of the molecule is CC(C=CC1=C(C)CCCC1(C)C)=CC(c1ccccc1C)S(=O)(=O)C(C=C(C)C=CC1=C(C)CCCC1(C)C)c1ccccc1C. The number of allylic oxidation sites excluding steroid dienone is 10. The summed E-state index contributed by atoms with van der Waals surface area (Å²) in [5.41, 5.74) is 11.4. The van der Waals surface area contributed by atoms with Gasteiger partial charge in [0.05, 0.1) is 0 Å². The summed E-state index contributed by atoms with van der Waals surface area (Å²) in [7, 11) is -3.80. The minimum Gasteiger partial charge on any atom is -0.227 e. The van der Waals surface area contributed by atoms with E-state index in [0.717, 1.165) is 46.2 Å². The van der Waals surface area contributed by atoms with Gasteiger partial charge in [-0.3, -0.25) is 0 Å². The highest BCUT2D eigenvalue weighted by molar-refractivity contribution is 7.92. The van der Waals surface area contributed by atoms with E-state index >= 15 is 8.42 Å². The molecule has 47 heavy (non-hydrogen) atoms. The van der Waals surface area contributed by atoms with Crippen molar-refractivity contribution in [2.24, 2.45) is 10.8 Å². The third-order valence-electron chi connectivity index (χ3n) is 10.6. The molecule has 2 aliphatic carbocycles. The van der Waals surface area contributed by atoms with Gasteiger partial charge in [-0.1, -0.05) is 135 Å². The maximum absolute atomic E-state index is 15.2. The molecule has 0 bridgehead atoms. The predicted molar refractivity (Wildman–Crippen MR) is 203 cm³/mol. The number of rotatable bonds is 10. The molecule has 4 rings (SSSR count). The molecular weight excluding hydrogens is 593 g/mol. The molecule has 2 nitrogen and oxygen atoms in total. The Balaban J connectivity index is 1.84. The lowest BCUT2D eigenvalue weighted by Crippen LogP contribution is -2.21. The highest BCUT2D eigenvalue weighted by atomic mass is 32.2. The first-order valence-electron chi connectivity index (χ1n) is 17.5. The average Bonchev–Trinajstić information content (AvgIpc) is 2.98. The Hall–Kier alpha value is -3.17. The standard InChI is InChI=1S/C44H58O2S/c1-31(23-25-39-35(5)19-15-27-43(39,7)8)29-41(37-21-13-11-17-33(37)3)47(45,46)42(38-22-14-12-18-34(38)4)30-32(2)24-26-40-36(6)20-16-28-44(40,9)10/h11-14,17-18,21-26,29-30,41-42H,15-16,19-20,27-28H2,1-10H3. The molecule has 0 spiro atoms. The van der Waals surface area contributed by atoms with Crippen molar-refractivity contribution in [3.05, 3.63) is 141 Å². The molecule has 0 saturated heterocycles. The van der Waals surface area contributed by atoms with Gasteiger partial charge in [0.1, 0.15) is 10.5 Å². The van der Waals surface area contributed by atoms with Crippen LogP contribution >= 0.6 is 0 Å². The summed E-state index contributed by atoms with van der Waals surface area (Å²) in [5, 5.41) is -1.61. The van der Waals surface area contributed by atoms with Gasteiger partial charge in [-0.2, -0.15) is 0 Å². The number of benzene rings is 2. The topological polar surface area (TPSA) is 34.1 Å². The molecule has 0 heterocycles. The molecule has 0 fully saturated rings. The second kappa shape index (κ2) is 14.9. The Labute approximate surface area is 287 Å². The van der Waals surface area contributed by atoms with E-state index in [9.17, 15) is 0 Å². The van der Waals surface area contributed by atoms with Crippen molar-refractivity contribution in [3.8, 4) is 0 Å². The normalized spacial score (nSPS) is 20.7. The van der Waals surface area contributed by atoms with Gasteiger partial charge in [-0.25, -0.2) is 8.42 Å². The zero-order chi connectivity index (χ0) is 34.6. The minimum atomic E-state index is -3.80. The summed E-state index contributed by atoms with van der Waals surface area (Å²) in [6.45, 7) is 21.9. The smallest absolute Gasteiger partial charge is 0.171 e. The molecule has 2 aliphatic rings. The minimum absolute atomic E-state index is 0.119. The maximum Gasteiger partial charge on any atom is 0.171 e. The van der Waals surface area contributed by atoms with Crippen LogP contribution in [0.3, 0.4) is 0 Å². The number of aryl methyl sites for hydroxylation is 2. The molecule has 0 aromatic heterocycles. The molecule has 0 saturated carbocycles. The molecular formula is C44H58O2S. The summed E-state index contributed by atoms with van der Waals surface area (Å²) in [6, 6.07) is 15.9. The lowest BCUT2D eigenvalue weighted by Gasteiger charge is -2.33. The van der Waals surface area contributed by atoms with E-state index in [4.69, 9.17) is 0 Å². The van der Waals surface area contributed by atoms with Gasteiger partial charge in [-0.05, 0) is 124 Å². The largest absolute Gasteiger partial charge is 0.227 e. The zero-order valence-electron chi connectivity index (χ0n) is 30.7. The van der Waals surface area contributed by atoms with E-state index in [1.807, 2.05) is 88.4 Å². The van der Waals surface area contributed by atoms with Crippen LogP contribution in [0.15, 0.2) is 118 Å². The summed E-state index contributed by atoms with van der Waals surface area (Å²) in [6.07, 6.45) is 19.7. The second-order valence-corrected chi connectivity index (χ2v) is 17.7. The van der Waals surface area contributed by atoms with Crippen molar-refractivity contribution in [1.82, 2.24) is 0 Å². The van der Waals surface area contributed by atoms with Gasteiger partial charge in [0.2, 0.25) is 0 Å². The van der Waals surface area contributed by atoms with Crippen LogP contribution in [0.25, 0.3) is 0 Å². The van der Waals surface area contributed by atoms with Gasteiger partial charge in [0.25, 0.3) is 0 Å². The third-order valence-corrected chi connectivity index (χ3v) is 12.8. The first kappa shape index (κ1) is 36.7. The van der Waals surface area contributed by atoms with Crippen molar-refractivity contribution in [2.45, 2.75) is 118 Å². The zero-order valence-corrected chi connectivity index (χ0v) is 31.5. The van der Waals surface area contributed by atoms with Crippen molar-refractivity contribution >= 4 is 9.84 Å². The van der Waals surface area contributed by atoms with E-state index in [2.05, 4.69) is 65.8 Å². The van der Waals surface area contributed by atoms with Crippen LogP contribution in [0, 0.1) is 24.7 Å². The van der Waals surface area contributed by atoms with Crippen LogP contribution < -0.4 is 0 Å². The van der Waals surface area contributed by atoms with Crippen LogP contribution in [0.4, 0.5) is 0 Å². The summed E-state index contributed by atoms with van der Waals surface area (Å²) in [5.74, 6) is 0. The van der Waals surface area contributed by atoms with Gasteiger partial charge in [0.15, 0.2) is 9.84 Å². The van der Waals surface area contributed by atoms with Crippen LogP contribution in [0.1, 0.15) is 127 Å². The first-order chi connectivity index (χ1) is 22.0. The molecule has 2 atom stereocenters. The Kier molecular flexibility index (Phi) is 11.7. The lowest BCUT2D eigenvalue weighted by molar-refractivity contribution is 0.376. The molecule has 2 aromatic carbocycles. The lowest BCUT2D eigenvalue weighted by atomic mass is 9.72. The fourth-order valence-corrected chi connectivity index (χ4v) is 10.1. The molecule has 252 valence electrons. The van der Waals surface area contributed by atoms with E-state index in [-0.39, 0.29) is 10.8 Å². The first-order valence-corrected chi connectivity index (χ1v) is 19.1. The average molecular weight is 651 g/mol. The van der Waals surface area contributed by atoms with Crippen molar-refractivity contribution in [2.75, 3.05) is 0 Å². The van der Waals surface area contributed by atoms with E-state index in [1.165, 1.54) is 48.0 Å². The fraction of sp³-hybridized carbons (Fsp3) is 0.455. The van der Waals surface area contributed by atoms with Crippen LogP contribution in [0.2, 0.25) is 0 Å². The quantitative estimate of drug-likeness (QED) is 0.240. The van der Waals surface area contributed by atoms with E-state index in [0.29, 0.717) is 0 Å². The Bertz CT molecular complexity index is 1630. The van der Waals surface area contributed by atoms with Crippen molar-refractivity contribution in [1.29, 1.82) is 0 Å². The van der Waals surface area contributed by atoms with Gasteiger partial charge in [0, 0.05) is 0 Å². The Morgan fingerprint density at radius 3 is 1.34 bits per heavy atom. The third kappa shape index (κ3) is 8.65. The van der Waals surface area contributed by atoms with Gasteiger partial charge < -0.3 is 0 Å². The van der Waals surface area contributed by atoms with Crippen LogP contribution in [-0.4, -0.2) is 8.42 Å². The molecule has 2 aromatic rings. The molecule has 0 N–H and O–H groups in total. The van der Waals surface area contributed by atoms with E-state index in [1.54, 1.807) is 0 Å². The Morgan fingerprint density at radius 2 is 1.00 bits per heavy atom. The molecule has 0 aliphatic heterocycles. The number of hydrogen-bond acceptors (Lipinski definition) is 2. The summed E-state index contributed by atoms with van der Waals surface area (Å²) in [4.78, 5) is 0. The van der Waals surface area contributed by atoms with Crippen LogP contribution in [-0.2, 0) is 9.84 Å². The maximum atomic E-state index is 15.2. The molecule has 3 heteroatoms. The van der Waals surface area contributed by atoms with Crippen molar-refractivity contribution < 1.29 is 8.42 Å². The van der Waals surface area contributed by atoms with E-state index < -0.39 is 20.3 Å². The highest BCUT2D eigenvalue weighted by Crippen LogP contribution is 2.43. The highest BCUT2D eigenvalue weighted by Gasteiger charge is 2.36. The molecule has 0 radical (unpaired) electrons. The van der Waals surface area contributed by atoms with Crippen LogP contribution in [0.5, 0.6) is 0 Å². The van der Waals surface area contributed by atoms with Gasteiger partial charge >= 0.3 is 0 Å². The Morgan fingerprint density at radius 1 is 0.638 bits per heavy atom. The summed E-state index contributed by atoms with van der Waals surface area (Å²) >= 11 is 0. The molecule has 2 unspecified atom stereocenters. The van der Waals surface area contributed by atoms with Gasteiger partial charge in [-0.15, -0.1) is 0 Å². The fourth-order valence-electron chi connectivity index (χ4n) is 7.73. The predicted octanol–water partition coefficient (Wildman–Crippen LogP) is 12.6. The number of hydrogen-bond donors (Lipinski definition) is 0. The number of sulfone groups is 1. The van der Waals surface area contributed by atoms with Crippen molar-refractivity contribution in [3.63, 3.8) is 0 Å². The summed E-state index contributed by atoms with van der Waals surface area (Å²) < 4.78 is 30.3. The second-order valence-electron chi connectivity index (χ2n) is 15.5. The monoisotopic (exact) mass is 650 g/mol.